The maximum Gasteiger partial charge on any atom is 0.237 e. The predicted molar refractivity (Wildman–Crippen MR) is 142 cm³/mol. The van der Waals surface area contributed by atoms with Crippen LogP contribution in [0.3, 0.4) is 0 Å². The fraction of sp³-hybridized carbons (Fsp3) is 0.276. The fourth-order valence-electron chi connectivity index (χ4n) is 4.06. The Labute approximate surface area is 216 Å². The summed E-state index contributed by atoms with van der Waals surface area (Å²) in [4.78, 5) is 4.53. The Morgan fingerprint density at radius 2 is 1.78 bits per heavy atom. The van der Waals surface area contributed by atoms with Crippen LogP contribution in [0.15, 0.2) is 85.3 Å². The molecule has 0 aliphatic carbocycles. The highest BCUT2D eigenvalue weighted by molar-refractivity contribution is 5.69. The van der Waals surface area contributed by atoms with Crippen molar-refractivity contribution in [2.24, 2.45) is 0 Å². The smallest absolute Gasteiger partial charge is 0.237 e. The van der Waals surface area contributed by atoms with E-state index in [2.05, 4.69) is 32.9 Å². The van der Waals surface area contributed by atoms with Gasteiger partial charge in [-0.05, 0) is 36.7 Å². The number of pyridine rings is 1. The zero-order chi connectivity index (χ0) is 25.3. The van der Waals surface area contributed by atoms with Crippen LogP contribution in [0.2, 0.25) is 0 Å². The van der Waals surface area contributed by atoms with Crippen molar-refractivity contribution < 1.29 is 9.47 Å². The van der Waals surface area contributed by atoms with E-state index >= 15 is 0 Å². The largest absolute Gasteiger partial charge is 0.470 e. The van der Waals surface area contributed by atoms with Gasteiger partial charge in [0.1, 0.15) is 6.10 Å². The molecule has 1 atom stereocenters. The lowest BCUT2D eigenvalue weighted by Gasteiger charge is -2.27. The molecule has 0 spiro atoms. The van der Waals surface area contributed by atoms with E-state index in [1.54, 1.807) is 0 Å². The third-order valence-corrected chi connectivity index (χ3v) is 6.29. The minimum atomic E-state index is 0.0215. The summed E-state index contributed by atoms with van der Waals surface area (Å²) in [5, 5.41) is 20.2. The molecule has 0 bridgehead atoms. The van der Waals surface area contributed by atoms with Crippen molar-refractivity contribution in [3.63, 3.8) is 0 Å². The molecule has 4 heterocycles. The van der Waals surface area contributed by atoms with Crippen molar-refractivity contribution in [3.8, 4) is 23.1 Å². The van der Waals surface area contributed by atoms with Crippen LogP contribution in [0, 0.1) is 11.3 Å². The molecule has 8 nitrogen and oxygen atoms in total. The monoisotopic (exact) mass is 494 g/mol. The van der Waals surface area contributed by atoms with Gasteiger partial charge in [-0.1, -0.05) is 48.5 Å². The van der Waals surface area contributed by atoms with E-state index in [0.29, 0.717) is 17.5 Å². The average molecular weight is 495 g/mol. The third kappa shape index (κ3) is 6.53. The Morgan fingerprint density at radius 3 is 2.46 bits per heavy atom. The molecule has 0 radical (unpaired) electrons. The molecular weight excluding hydrogens is 464 g/mol. The number of ether oxygens (including phenoxy) is 2. The molecule has 0 saturated carbocycles. The first-order chi connectivity index (χ1) is 18.3. The summed E-state index contributed by atoms with van der Waals surface area (Å²) in [7, 11) is 0. The van der Waals surface area contributed by atoms with Gasteiger partial charge in [-0.15, -0.1) is 0 Å². The lowest BCUT2D eigenvalue weighted by molar-refractivity contribution is -0.0286. The van der Waals surface area contributed by atoms with E-state index in [4.69, 9.17) is 14.7 Å². The molecule has 2 aliphatic rings. The highest BCUT2D eigenvalue weighted by Gasteiger charge is 2.23. The Kier molecular flexibility index (Phi) is 8.06. The first-order valence-electron chi connectivity index (χ1n) is 12.5. The fourth-order valence-corrected chi connectivity index (χ4v) is 4.06. The first kappa shape index (κ1) is 24.5. The summed E-state index contributed by atoms with van der Waals surface area (Å²) in [6.07, 6.45) is 6.67. The first-order valence-corrected chi connectivity index (χ1v) is 12.5. The van der Waals surface area contributed by atoms with E-state index in [0.717, 1.165) is 56.1 Å². The van der Waals surface area contributed by atoms with Crippen molar-refractivity contribution >= 4 is 5.69 Å². The maximum atomic E-state index is 8.87. The van der Waals surface area contributed by atoms with Crippen LogP contribution in [0.5, 0.6) is 5.88 Å². The van der Waals surface area contributed by atoms with Crippen molar-refractivity contribution in [1.29, 1.82) is 5.26 Å². The molecule has 4 aromatic rings. The maximum absolute atomic E-state index is 8.87. The van der Waals surface area contributed by atoms with E-state index in [1.165, 1.54) is 5.56 Å². The Bertz CT molecular complexity index is 1290. The summed E-state index contributed by atoms with van der Waals surface area (Å²) in [6.45, 7) is 3.76. The number of aromatic nitrogens is 3. The molecule has 2 N–H and O–H groups in total. The van der Waals surface area contributed by atoms with Gasteiger partial charge >= 0.3 is 0 Å². The molecule has 0 unspecified atom stereocenters. The zero-order valence-corrected chi connectivity index (χ0v) is 20.6. The van der Waals surface area contributed by atoms with Gasteiger partial charge in [0.25, 0.3) is 0 Å². The zero-order valence-electron chi connectivity index (χ0n) is 20.6. The Morgan fingerprint density at radius 1 is 1.03 bits per heavy atom. The SMILES string of the molecule is N#Cc1ccc(CCNC[C@@H]2CNc3cc(-c4cnn(C5COC5)c4)cnc3O2)cc1.c1ccccc1. The van der Waals surface area contributed by atoms with Gasteiger partial charge in [0.05, 0.1) is 49.3 Å². The lowest BCUT2D eigenvalue weighted by atomic mass is 10.1. The quantitative estimate of drug-likeness (QED) is 0.374. The summed E-state index contributed by atoms with van der Waals surface area (Å²) in [6, 6.07) is 24.3. The highest BCUT2D eigenvalue weighted by atomic mass is 16.5. The standard InChI is InChI=1S/C23H24N6O2.C6H6/c24-8-17-3-1-16(2-4-17)5-6-25-11-21-12-26-22-7-18(9-27-23(22)31-21)19-10-28-29(13-19)20-14-30-15-20;1-2-4-6-5-3-1/h1-4,7,9-10,13,20-21,25-26H,5-6,11-12,14-15H2;1-6H/t21-;/m1./s1. The molecule has 2 aromatic heterocycles. The average Bonchev–Trinajstić information content (AvgIpc) is 3.41. The molecule has 188 valence electrons. The van der Waals surface area contributed by atoms with Crippen molar-refractivity contribution in [2.45, 2.75) is 18.6 Å². The minimum Gasteiger partial charge on any atom is -0.470 e. The number of fused-ring (bicyclic) bond motifs is 1. The molecule has 1 saturated heterocycles. The van der Waals surface area contributed by atoms with E-state index in [1.807, 2.05) is 83.9 Å². The number of benzene rings is 2. The molecule has 2 aromatic carbocycles. The summed E-state index contributed by atoms with van der Waals surface area (Å²) >= 11 is 0. The minimum absolute atomic E-state index is 0.0215. The van der Waals surface area contributed by atoms with Gasteiger partial charge in [-0.2, -0.15) is 10.4 Å². The third-order valence-electron chi connectivity index (χ3n) is 6.29. The molecule has 0 amide bonds. The normalized spacial score (nSPS) is 16.1. The second-order valence-corrected chi connectivity index (χ2v) is 9.02. The van der Waals surface area contributed by atoms with Crippen molar-refractivity contribution in [2.75, 3.05) is 38.2 Å². The van der Waals surface area contributed by atoms with Gasteiger partial charge < -0.3 is 20.1 Å². The number of rotatable bonds is 7. The summed E-state index contributed by atoms with van der Waals surface area (Å²) < 4.78 is 13.3. The number of hydrogen-bond acceptors (Lipinski definition) is 7. The van der Waals surface area contributed by atoms with Gasteiger partial charge in [-0.3, -0.25) is 4.68 Å². The predicted octanol–water partition coefficient (Wildman–Crippen LogP) is 4.08. The summed E-state index contributed by atoms with van der Waals surface area (Å²) in [5.41, 5.74) is 4.86. The van der Waals surface area contributed by atoms with E-state index in [-0.39, 0.29) is 6.10 Å². The number of nitriles is 1. The molecule has 1 fully saturated rings. The molecule has 6 rings (SSSR count). The van der Waals surface area contributed by atoms with Gasteiger partial charge in [-0.25, -0.2) is 4.98 Å². The molecule has 37 heavy (non-hydrogen) atoms. The van der Waals surface area contributed by atoms with Gasteiger partial charge in [0.2, 0.25) is 5.88 Å². The second kappa shape index (κ2) is 12.2. The Hall–Kier alpha value is -4.19. The van der Waals surface area contributed by atoms with E-state index in [9.17, 15) is 0 Å². The van der Waals surface area contributed by atoms with Crippen LogP contribution in [-0.2, 0) is 11.2 Å². The van der Waals surface area contributed by atoms with Crippen LogP contribution in [0.1, 0.15) is 17.2 Å². The summed E-state index contributed by atoms with van der Waals surface area (Å²) in [5.74, 6) is 0.633. The molecular formula is C29H30N6O2. The van der Waals surface area contributed by atoms with Crippen molar-refractivity contribution in [3.05, 3.63) is 96.4 Å². The molecule has 2 aliphatic heterocycles. The lowest BCUT2D eigenvalue weighted by Crippen LogP contribution is -2.40. The number of anilines is 1. The molecule has 8 heteroatoms. The van der Waals surface area contributed by atoms with E-state index < -0.39 is 0 Å². The van der Waals surface area contributed by atoms with Gasteiger partial charge in [0, 0.05) is 30.1 Å². The second-order valence-electron chi connectivity index (χ2n) is 9.02. The van der Waals surface area contributed by atoms with Crippen LogP contribution >= 0.6 is 0 Å². The topological polar surface area (TPSA) is 97.0 Å². The van der Waals surface area contributed by atoms with Gasteiger partial charge in [0.15, 0.2) is 0 Å². The number of hydrogen-bond donors (Lipinski definition) is 2. The van der Waals surface area contributed by atoms with Crippen LogP contribution in [0.4, 0.5) is 5.69 Å². The van der Waals surface area contributed by atoms with Crippen molar-refractivity contribution in [1.82, 2.24) is 20.1 Å². The Balaban J connectivity index is 0.000000412. The number of nitrogens with zero attached hydrogens (tertiary/aromatic N) is 4. The van der Waals surface area contributed by atoms with Crippen LogP contribution in [-0.4, -0.2) is 53.7 Å². The highest BCUT2D eigenvalue weighted by Crippen LogP contribution is 2.31. The van der Waals surface area contributed by atoms with Crippen LogP contribution < -0.4 is 15.4 Å². The van der Waals surface area contributed by atoms with Crippen LogP contribution in [0.25, 0.3) is 11.1 Å². The number of nitrogens with one attached hydrogen (secondary N) is 2.